The summed E-state index contributed by atoms with van der Waals surface area (Å²) in [6.07, 6.45) is -4.50. The van der Waals surface area contributed by atoms with Gasteiger partial charge in [0, 0.05) is 19.6 Å². The Hall–Kier alpha value is -1.19. The SMILES string of the molecule is O=S(=O)(Cc1ccc(F)cc1)N1CCNC(C(F)(F)F)C1. The molecule has 2 rings (SSSR count). The maximum absolute atomic E-state index is 12.8. The van der Waals surface area contributed by atoms with Crippen LogP contribution in [-0.2, 0) is 15.8 Å². The molecular formula is C12H14F4N2O2S. The molecule has 0 saturated carbocycles. The Bertz CT molecular complexity index is 586. The third-order valence-corrected chi connectivity index (χ3v) is 5.01. The van der Waals surface area contributed by atoms with E-state index in [9.17, 15) is 26.0 Å². The van der Waals surface area contributed by atoms with Gasteiger partial charge in [-0.15, -0.1) is 0 Å². The summed E-state index contributed by atoms with van der Waals surface area (Å²) in [6, 6.07) is 2.96. The van der Waals surface area contributed by atoms with E-state index in [1.165, 1.54) is 12.1 Å². The quantitative estimate of drug-likeness (QED) is 0.856. The molecule has 0 aliphatic carbocycles. The second-order valence-corrected chi connectivity index (χ2v) is 6.76. The summed E-state index contributed by atoms with van der Waals surface area (Å²) in [6.45, 7) is -0.726. The van der Waals surface area contributed by atoms with Crippen molar-refractivity contribution < 1.29 is 26.0 Å². The van der Waals surface area contributed by atoms with Gasteiger partial charge in [0.1, 0.15) is 11.9 Å². The monoisotopic (exact) mass is 326 g/mol. The second-order valence-electron chi connectivity index (χ2n) is 4.79. The van der Waals surface area contributed by atoms with Crippen LogP contribution in [0.4, 0.5) is 17.6 Å². The van der Waals surface area contributed by atoms with Crippen molar-refractivity contribution in [1.29, 1.82) is 0 Å². The van der Waals surface area contributed by atoms with Gasteiger partial charge in [0.2, 0.25) is 10.0 Å². The van der Waals surface area contributed by atoms with Crippen molar-refractivity contribution in [2.75, 3.05) is 19.6 Å². The molecule has 1 N–H and O–H groups in total. The van der Waals surface area contributed by atoms with Crippen LogP contribution >= 0.6 is 0 Å². The standard InChI is InChI=1S/C12H14F4N2O2S/c13-10-3-1-9(2-4-10)8-21(19,20)18-6-5-17-11(7-18)12(14,15)16/h1-4,11,17H,5-8H2. The van der Waals surface area contributed by atoms with Gasteiger partial charge in [0.15, 0.2) is 0 Å². The van der Waals surface area contributed by atoms with E-state index in [2.05, 4.69) is 5.32 Å². The van der Waals surface area contributed by atoms with Crippen molar-refractivity contribution in [1.82, 2.24) is 9.62 Å². The highest BCUT2D eigenvalue weighted by Crippen LogP contribution is 2.24. The normalized spacial score (nSPS) is 21.4. The van der Waals surface area contributed by atoms with Crippen molar-refractivity contribution >= 4 is 10.0 Å². The van der Waals surface area contributed by atoms with E-state index < -0.39 is 40.4 Å². The third kappa shape index (κ3) is 4.14. The zero-order chi connectivity index (χ0) is 15.7. The number of nitrogens with one attached hydrogen (secondary N) is 1. The fraction of sp³-hybridized carbons (Fsp3) is 0.500. The van der Waals surface area contributed by atoms with Gasteiger partial charge in [-0.25, -0.2) is 12.8 Å². The molecule has 1 aromatic rings. The Morgan fingerprint density at radius 2 is 1.86 bits per heavy atom. The van der Waals surface area contributed by atoms with Crippen LogP contribution in [0.15, 0.2) is 24.3 Å². The number of halogens is 4. The van der Waals surface area contributed by atoms with Crippen molar-refractivity contribution in [3.8, 4) is 0 Å². The number of alkyl halides is 3. The first-order valence-electron chi connectivity index (χ1n) is 6.21. The van der Waals surface area contributed by atoms with Gasteiger partial charge in [-0.2, -0.15) is 17.5 Å². The average molecular weight is 326 g/mol. The lowest BCUT2D eigenvalue weighted by molar-refractivity contribution is -0.160. The molecule has 1 aromatic carbocycles. The van der Waals surface area contributed by atoms with E-state index in [1.54, 1.807) is 0 Å². The summed E-state index contributed by atoms with van der Waals surface area (Å²) in [5.74, 6) is -0.951. The molecule has 1 heterocycles. The van der Waals surface area contributed by atoms with Crippen molar-refractivity contribution in [2.24, 2.45) is 0 Å². The molecule has 9 heteroatoms. The summed E-state index contributed by atoms with van der Waals surface area (Å²) in [4.78, 5) is 0. The Kier molecular flexibility index (Phi) is 4.54. The topological polar surface area (TPSA) is 49.4 Å². The first-order valence-corrected chi connectivity index (χ1v) is 7.82. The molecule has 0 radical (unpaired) electrons. The third-order valence-electron chi connectivity index (χ3n) is 3.19. The minimum atomic E-state index is -4.50. The molecule has 0 aromatic heterocycles. The Balaban J connectivity index is 2.10. The van der Waals surface area contributed by atoms with E-state index in [4.69, 9.17) is 0 Å². The van der Waals surface area contributed by atoms with Crippen LogP contribution in [0.25, 0.3) is 0 Å². The molecule has 4 nitrogen and oxygen atoms in total. The van der Waals surface area contributed by atoms with Gasteiger partial charge in [-0.3, -0.25) is 0 Å². The molecule has 1 unspecified atom stereocenters. The minimum Gasteiger partial charge on any atom is -0.304 e. The van der Waals surface area contributed by atoms with E-state index in [0.717, 1.165) is 16.4 Å². The van der Waals surface area contributed by atoms with Gasteiger partial charge in [0.05, 0.1) is 5.75 Å². The molecule has 0 spiro atoms. The molecule has 0 bridgehead atoms. The number of nitrogens with zero attached hydrogens (tertiary/aromatic N) is 1. The molecule has 1 saturated heterocycles. The smallest absolute Gasteiger partial charge is 0.304 e. The number of benzene rings is 1. The summed E-state index contributed by atoms with van der Waals surface area (Å²) < 4.78 is 75.8. The average Bonchev–Trinajstić information content (AvgIpc) is 2.40. The molecule has 1 atom stereocenters. The Morgan fingerprint density at radius 1 is 1.24 bits per heavy atom. The number of sulfonamides is 1. The van der Waals surface area contributed by atoms with Crippen LogP contribution in [0.2, 0.25) is 0 Å². The zero-order valence-corrected chi connectivity index (χ0v) is 11.7. The van der Waals surface area contributed by atoms with Gasteiger partial charge < -0.3 is 5.32 Å². The predicted octanol–water partition coefficient (Wildman–Crippen LogP) is 1.49. The second kappa shape index (κ2) is 5.90. The fourth-order valence-electron chi connectivity index (χ4n) is 2.08. The first-order chi connectivity index (χ1) is 9.68. The number of hydrogen-bond acceptors (Lipinski definition) is 3. The predicted molar refractivity (Wildman–Crippen MR) is 68.4 cm³/mol. The van der Waals surface area contributed by atoms with Crippen LogP contribution in [0, 0.1) is 5.82 Å². The lowest BCUT2D eigenvalue weighted by Crippen LogP contribution is -2.58. The summed E-state index contributed by atoms with van der Waals surface area (Å²) in [5.41, 5.74) is 0.332. The van der Waals surface area contributed by atoms with Gasteiger partial charge in [-0.05, 0) is 17.7 Å². The largest absolute Gasteiger partial charge is 0.405 e. The molecule has 0 amide bonds. The van der Waals surface area contributed by atoms with Crippen LogP contribution < -0.4 is 5.32 Å². The van der Waals surface area contributed by atoms with Crippen LogP contribution in [0.3, 0.4) is 0 Å². The van der Waals surface area contributed by atoms with Gasteiger partial charge in [0.25, 0.3) is 0 Å². The maximum Gasteiger partial charge on any atom is 0.405 e. The van der Waals surface area contributed by atoms with Crippen LogP contribution in [0.5, 0.6) is 0 Å². The van der Waals surface area contributed by atoms with Crippen molar-refractivity contribution in [2.45, 2.75) is 18.0 Å². The van der Waals surface area contributed by atoms with E-state index >= 15 is 0 Å². The van der Waals surface area contributed by atoms with Crippen LogP contribution in [-0.4, -0.2) is 44.6 Å². The summed E-state index contributed by atoms with van der Waals surface area (Å²) >= 11 is 0. The van der Waals surface area contributed by atoms with Crippen molar-refractivity contribution in [3.05, 3.63) is 35.6 Å². The number of rotatable bonds is 3. The highest BCUT2D eigenvalue weighted by Gasteiger charge is 2.44. The highest BCUT2D eigenvalue weighted by molar-refractivity contribution is 7.88. The number of piperazine rings is 1. The lowest BCUT2D eigenvalue weighted by atomic mass is 10.2. The first kappa shape index (κ1) is 16.2. The summed E-state index contributed by atoms with van der Waals surface area (Å²) in [7, 11) is -3.87. The Morgan fingerprint density at radius 3 is 2.43 bits per heavy atom. The van der Waals surface area contributed by atoms with E-state index in [0.29, 0.717) is 5.56 Å². The molecule has 1 aliphatic heterocycles. The number of hydrogen-bond donors (Lipinski definition) is 1. The molecule has 1 fully saturated rings. The van der Waals surface area contributed by atoms with Crippen LogP contribution in [0.1, 0.15) is 5.56 Å². The highest BCUT2D eigenvalue weighted by atomic mass is 32.2. The summed E-state index contributed by atoms with van der Waals surface area (Å²) in [5, 5.41) is 2.25. The zero-order valence-electron chi connectivity index (χ0n) is 10.9. The lowest BCUT2D eigenvalue weighted by Gasteiger charge is -2.33. The molecule has 1 aliphatic rings. The van der Waals surface area contributed by atoms with Gasteiger partial charge >= 0.3 is 6.18 Å². The molecule has 118 valence electrons. The van der Waals surface area contributed by atoms with Crippen molar-refractivity contribution in [3.63, 3.8) is 0 Å². The Labute approximate surface area is 119 Å². The minimum absolute atomic E-state index is 0.0177. The fourth-order valence-corrected chi connectivity index (χ4v) is 3.62. The van der Waals surface area contributed by atoms with E-state index in [-0.39, 0.29) is 13.1 Å². The van der Waals surface area contributed by atoms with Gasteiger partial charge in [-0.1, -0.05) is 12.1 Å². The maximum atomic E-state index is 12.8. The van der Waals surface area contributed by atoms with E-state index in [1.807, 2.05) is 0 Å². The molecule has 21 heavy (non-hydrogen) atoms. The molecular weight excluding hydrogens is 312 g/mol.